The summed E-state index contributed by atoms with van der Waals surface area (Å²) in [6.45, 7) is 8.81. The Balaban J connectivity index is 2.16. The van der Waals surface area contributed by atoms with E-state index in [-0.39, 0.29) is 12.7 Å². The van der Waals surface area contributed by atoms with Gasteiger partial charge in [0.2, 0.25) is 0 Å². The molecule has 0 heterocycles. The maximum atomic E-state index is 10.6. The summed E-state index contributed by atoms with van der Waals surface area (Å²) in [5.41, 5.74) is 0.962. The summed E-state index contributed by atoms with van der Waals surface area (Å²) in [5, 5.41) is 10.6. The van der Waals surface area contributed by atoms with Gasteiger partial charge in [-0.1, -0.05) is 114 Å². The first-order chi connectivity index (χ1) is 15.1. The lowest BCUT2D eigenvalue weighted by Crippen LogP contribution is -2.35. The lowest BCUT2D eigenvalue weighted by Gasteiger charge is -2.24. The van der Waals surface area contributed by atoms with Crippen LogP contribution in [-0.4, -0.2) is 30.5 Å². The summed E-state index contributed by atoms with van der Waals surface area (Å²) in [5.74, 6) is 0.807. The van der Waals surface area contributed by atoms with Crippen molar-refractivity contribution in [2.45, 2.75) is 116 Å². The monoisotopic (exact) mass is 432 g/mol. The van der Waals surface area contributed by atoms with Crippen LogP contribution in [0.3, 0.4) is 0 Å². The Labute approximate surface area is 192 Å². The van der Waals surface area contributed by atoms with Crippen LogP contribution in [-0.2, 0) is 4.74 Å². The maximum Gasteiger partial charge on any atom is 0.127 e. The fraction of sp³-hybridized carbons (Fsp3) is 0.714. The van der Waals surface area contributed by atoms with E-state index < -0.39 is 6.10 Å². The number of ether oxygens (including phenoxy) is 2. The predicted molar refractivity (Wildman–Crippen MR) is 133 cm³/mol. The molecular weight excluding hydrogens is 384 g/mol. The molecule has 1 aromatic rings. The molecule has 0 aliphatic heterocycles. The second-order valence-electron chi connectivity index (χ2n) is 9.04. The van der Waals surface area contributed by atoms with Gasteiger partial charge < -0.3 is 14.6 Å². The summed E-state index contributed by atoms with van der Waals surface area (Å²) < 4.78 is 11.7. The molecule has 2 unspecified atom stereocenters. The largest absolute Gasteiger partial charge is 0.488 e. The fourth-order valence-electron chi connectivity index (χ4n) is 3.83. The highest BCUT2D eigenvalue weighted by molar-refractivity contribution is 5.21. The summed E-state index contributed by atoms with van der Waals surface area (Å²) in [6, 6.07) is 9.78. The Kier molecular flexibility index (Phi) is 17.3. The van der Waals surface area contributed by atoms with Crippen LogP contribution < -0.4 is 4.74 Å². The van der Waals surface area contributed by atoms with Gasteiger partial charge in [-0.3, -0.25) is 0 Å². The lowest BCUT2D eigenvalue weighted by atomic mass is 10.0. The van der Waals surface area contributed by atoms with Crippen LogP contribution in [0.25, 0.3) is 0 Å². The first kappa shape index (κ1) is 27.7. The van der Waals surface area contributed by atoms with Crippen molar-refractivity contribution in [3.05, 3.63) is 42.5 Å². The van der Waals surface area contributed by atoms with Gasteiger partial charge in [-0.05, 0) is 31.9 Å². The van der Waals surface area contributed by atoms with Crippen molar-refractivity contribution in [3.63, 3.8) is 0 Å². The van der Waals surface area contributed by atoms with Gasteiger partial charge in [0, 0.05) is 0 Å². The number of aliphatic hydroxyl groups excluding tert-OH is 1. The number of hydrogen-bond donors (Lipinski definition) is 1. The molecule has 3 heteroatoms. The molecule has 1 aromatic carbocycles. The van der Waals surface area contributed by atoms with Gasteiger partial charge >= 0.3 is 0 Å². The topological polar surface area (TPSA) is 38.7 Å². The Hall–Kier alpha value is -1.32. The Morgan fingerprint density at radius 1 is 0.839 bits per heavy atom. The van der Waals surface area contributed by atoms with Crippen molar-refractivity contribution < 1.29 is 14.6 Å². The third kappa shape index (κ3) is 16.0. The number of benzene rings is 1. The quantitative estimate of drug-likeness (QED) is 0.159. The van der Waals surface area contributed by atoms with Gasteiger partial charge in [0.05, 0.1) is 13.2 Å². The van der Waals surface area contributed by atoms with E-state index in [4.69, 9.17) is 9.47 Å². The molecule has 3 nitrogen and oxygen atoms in total. The van der Waals surface area contributed by atoms with Crippen LogP contribution in [0.5, 0.6) is 5.75 Å². The molecule has 178 valence electrons. The molecule has 0 bridgehead atoms. The van der Waals surface area contributed by atoms with E-state index in [2.05, 4.69) is 13.5 Å². The average Bonchev–Trinajstić information content (AvgIpc) is 2.76. The minimum Gasteiger partial charge on any atom is -0.488 e. The second kappa shape index (κ2) is 19.4. The smallest absolute Gasteiger partial charge is 0.127 e. The van der Waals surface area contributed by atoms with Gasteiger partial charge in [-0.25, -0.2) is 0 Å². The van der Waals surface area contributed by atoms with Crippen LogP contribution in [0.2, 0.25) is 0 Å². The van der Waals surface area contributed by atoms with Crippen molar-refractivity contribution in [3.8, 4) is 5.75 Å². The zero-order chi connectivity index (χ0) is 22.6. The Bertz CT molecular complexity index is 528. The summed E-state index contributed by atoms with van der Waals surface area (Å²) in [4.78, 5) is 0. The van der Waals surface area contributed by atoms with Crippen LogP contribution in [0.4, 0.5) is 0 Å². The van der Waals surface area contributed by atoms with E-state index in [0.717, 1.165) is 24.2 Å². The Morgan fingerprint density at radius 2 is 1.35 bits per heavy atom. The molecule has 0 aliphatic rings. The van der Waals surface area contributed by atoms with E-state index in [1.54, 1.807) is 0 Å². The van der Waals surface area contributed by atoms with E-state index in [1.807, 2.05) is 37.3 Å². The highest BCUT2D eigenvalue weighted by Gasteiger charge is 2.21. The van der Waals surface area contributed by atoms with E-state index >= 15 is 0 Å². The third-order valence-corrected chi connectivity index (χ3v) is 5.69. The van der Waals surface area contributed by atoms with Crippen molar-refractivity contribution in [2.75, 3.05) is 13.2 Å². The number of rotatable bonds is 21. The number of para-hydroxylation sites is 1. The molecule has 1 rings (SSSR count). The molecule has 2 atom stereocenters. The molecule has 0 spiro atoms. The third-order valence-electron chi connectivity index (χ3n) is 5.69. The molecule has 0 radical (unpaired) electrons. The van der Waals surface area contributed by atoms with Crippen molar-refractivity contribution in [2.24, 2.45) is 0 Å². The number of unbranched alkanes of at least 4 members (excludes halogenated alkanes) is 12. The highest BCUT2D eigenvalue weighted by Crippen LogP contribution is 2.19. The van der Waals surface area contributed by atoms with Gasteiger partial charge in [-0.2, -0.15) is 0 Å². The van der Waals surface area contributed by atoms with E-state index in [0.29, 0.717) is 6.61 Å². The van der Waals surface area contributed by atoms with Crippen LogP contribution in [0.1, 0.15) is 104 Å². The van der Waals surface area contributed by atoms with Gasteiger partial charge in [-0.15, -0.1) is 0 Å². The van der Waals surface area contributed by atoms with Crippen molar-refractivity contribution in [1.29, 1.82) is 0 Å². The van der Waals surface area contributed by atoms with Gasteiger partial charge in [0.1, 0.15) is 18.0 Å². The van der Waals surface area contributed by atoms with Crippen molar-refractivity contribution in [1.82, 2.24) is 0 Å². The van der Waals surface area contributed by atoms with Crippen molar-refractivity contribution >= 4 is 0 Å². The zero-order valence-corrected chi connectivity index (χ0v) is 20.3. The molecule has 0 saturated carbocycles. The molecule has 0 aliphatic carbocycles. The first-order valence-corrected chi connectivity index (χ1v) is 12.8. The average molecular weight is 433 g/mol. The van der Waals surface area contributed by atoms with Crippen LogP contribution >= 0.6 is 0 Å². The highest BCUT2D eigenvalue weighted by atomic mass is 16.5. The number of hydrogen-bond acceptors (Lipinski definition) is 3. The maximum absolute atomic E-state index is 10.6. The van der Waals surface area contributed by atoms with E-state index in [9.17, 15) is 5.11 Å². The first-order valence-electron chi connectivity index (χ1n) is 12.8. The lowest BCUT2D eigenvalue weighted by molar-refractivity contribution is -0.0263. The summed E-state index contributed by atoms with van der Waals surface area (Å²) in [6.07, 6.45) is 17.4. The summed E-state index contributed by atoms with van der Waals surface area (Å²) >= 11 is 0. The SMILES string of the molecule is C=C(C)COCC(O)C(CCCCCCCCCCCCCCC)Oc1ccccc1. The standard InChI is InChI=1S/C28H48O3/c1-4-5-6-7-8-9-10-11-12-13-14-15-19-22-28(27(29)24-30-23-25(2)3)31-26-20-17-16-18-21-26/h16-18,20-21,27-29H,2,4-15,19,22-24H2,1,3H3. The molecule has 0 saturated heterocycles. The number of aliphatic hydroxyl groups is 1. The fourth-order valence-corrected chi connectivity index (χ4v) is 3.83. The molecule has 0 aromatic heterocycles. The normalized spacial score (nSPS) is 13.1. The second-order valence-corrected chi connectivity index (χ2v) is 9.04. The molecule has 31 heavy (non-hydrogen) atoms. The predicted octanol–water partition coefficient (Wildman–Crippen LogP) is 7.87. The van der Waals surface area contributed by atoms with Gasteiger partial charge in [0.25, 0.3) is 0 Å². The molecular formula is C28H48O3. The minimum atomic E-state index is -0.628. The zero-order valence-electron chi connectivity index (χ0n) is 20.3. The van der Waals surface area contributed by atoms with E-state index in [1.165, 1.54) is 77.0 Å². The van der Waals surface area contributed by atoms with Crippen LogP contribution in [0.15, 0.2) is 42.5 Å². The molecule has 1 N–H and O–H groups in total. The van der Waals surface area contributed by atoms with Crippen LogP contribution in [0, 0.1) is 0 Å². The summed E-state index contributed by atoms with van der Waals surface area (Å²) in [7, 11) is 0. The minimum absolute atomic E-state index is 0.236. The Morgan fingerprint density at radius 3 is 1.87 bits per heavy atom. The van der Waals surface area contributed by atoms with Gasteiger partial charge in [0.15, 0.2) is 0 Å². The molecule has 0 amide bonds. The molecule has 0 fully saturated rings.